The highest BCUT2D eigenvalue weighted by Crippen LogP contribution is 2.28. The zero-order chi connectivity index (χ0) is 16.5. The van der Waals surface area contributed by atoms with E-state index in [0.717, 1.165) is 18.1 Å². The van der Waals surface area contributed by atoms with Crippen molar-refractivity contribution in [1.29, 1.82) is 0 Å². The van der Waals surface area contributed by atoms with Crippen LogP contribution in [0.25, 0.3) is 21.0 Å². The summed E-state index contributed by atoms with van der Waals surface area (Å²) in [6, 6.07) is 17.3. The van der Waals surface area contributed by atoms with Gasteiger partial charge in [0, 0.05) is 46.0 Å². The van der Waals surface area contributed by atoms with Gasteiger partial charge in [-0.2, -0.15) is 0 Å². The summed E-state index contributed by atoms with van der Waals surface area (Å²) >= 11 is 7.88. The fourth-order valence-electron chi connectivity index (χ4n) is 3.23. The fourth-order valence-corrected chi connectivity index (χ4v) is 4.42. The van der Waals surface area contributed by atoms with E-state index in [0.29, 0.717) is 6.04 Å². The summed E-state index contributed by atoms with van der Waals surface area (Å²) < 4.78 is 3.66. The molecule has 0 amide bonds. The highest BCUT2D eigenvalue weighted by Gasteiger charge is 2.10. The van der Waals surface area contributed by atoms with Crippen LogP contribution in [-0.2, 0) is 6.54 Å². The van der Waals surface area contributed by atoms with E-state index in [1.807, 2.05) is 23.5 Å². The molecular weight excluding hydrogens is 336 g/mol. The maximum Gasteiger partial charge on any atom is 0.0481 e. The predicted octanol–water partition coefficient (Wildman–Crippen LogP) is 5.86. The van der Waals surface area contributed by atoms with Crippen LogP contribution in [0.3, 0.4) is 0 Å². The minimum atomic E-state index is 0.337. The summed E-state index contributed by atoms with van der Waals surface area (Å²) in [5.41, 5.74) is 2.61. The Kier molecular flexibility index (Phi) is 4.31. The molecule has 24 heavy (non-hydrogen) atoms. The SMILES string of the molecule is CC(NCCn1ccc2cc(Cl)ccc21)c1cccc2ccsc12. The van der Waals surface area contributed by atoms with E-state index < -0.39 is 0 Å². The van der Waals surface area contributed by atoms with Crippen LogP contribution in [0.15, 0.2) is 60.1 Å². The standard InChI is InChI=1S/C20H19ClN2S/c1-14(18-4-2-3-15-8-12-24-20(15)18)22-9-11-23-10-7-16-13-17(21)5-6-19(16)23/h2-8,10,12-14,22H,9,11H2,1H3. The largest absolute Gasteiger partial charge is 0.346 e. The van der Waals surface area contributed by atoms with Crippen LogP contribution >= 0.6 is 22.9 Å². The number of halogens is 1. The van der Waals surface area contributed by atoms with Gasteiger partial charge in [-0.1, -0.05) is 29.8 Å². The first-order chi connectivity index (χ1) is 11.7. The molecule has 0 aliphatic carbocycles. The van der Waals surface area contributed by atoms with E-state index in [9.17, 15) is 0 Å². The van der Waals surface area contributed by atoms with Crippen molar-refractivity contribution in [1.82, 2.24) is 9.88 Å². The van der Waals surface area contributed by atoms with E-state index in [2.05, 4.69) is 64.8 Å². The van der Waals surface area contributed by atoms with E-state index in [4.69, 9.17) is 11.6 Å². The molecule has 0 bridgehead atoms. The number of hydrogen-bond donors (Lipinski definition) is 1. The van der Waals surface area contributed by atoms with Gasteiger partial charge in [0.2, 0.25) is 0 Å². The monoisotopic (exact) mass is 354 g/mol. The van der Waals surface area contributed by atoms with Gasteiger partial charge in [-0.25, -0.2) is 0 Å². The summed E-state index contributed by atoms with van der Waals surface area (Å²) in [6.07, 6.45) is 2.13. The van der Waals surface area contributed by atoms with Gasteiger partial charge in [-0.05, 0) is 53.6 Å². The number of hydrogen-bond acceptors (Lipinski definition) is 2. The third kappa shape index (κ3) is 2.95. The topological polar surface area (TPSA) is 17.0 Å². The molecule has 0 aliphatic rings. The van der Waals surface area contributed by atoms with Gasteiger partial charge in [-0.15, -0.1) is 11.3 Å². The second kappa shape index (κ2) is 6.60. The summed E-state index contributed by atoms with van der Waals surface area (Å²) in [7, 11) is 0. The lowest BCUT2D eigenvalue weighted by molar-refractivity contribution is 0.540. The lowest BCUT2D eigenvalue weighted by Gasteiger charge is -2.16. The first kappa shape index (κ1) is 15.7. The van der Waals surface area contributed by atoms with Gasteiger partial charge in [0.25, 0.3) is 0 Å². The summed E-state index contributed by atoms with van der Waals surface area (Å²) in [4.78, 5) is 0. The molecule has 1 unspecified atom stereocenters. The van der Waals surface area contributed by atoms with Crippen molar-refractivity contribution >= 4 is 43.9 Å². The van der Waals surface area contributed by atoms with Gasteiger partial charge in [0.15, 0.2) is 0 Å². The predicted molar refractivity (Wildman–Crippen MR) is 105 cm³/mol. The molecule has 4 aromatic rings. The van der Waals surface area contributed by atoms with Crippen molar-refractivity contribution in [2.75, 3.05) is 6.54 Å². The Balaban J connectivity index is 1.46. The maximum absolute atomic E-state index is 6.06. The van der Waals surface area contributed by atoms with E-state index in [1.54, 1.807) is 0 Å². The lowest BCUT2D eigenvalue weighted by atomic mass is 10.1. The van der Waals surface area contributed by atoms with E-state index in [-0.39, 0.29) is 0 Å². The van der Waals surface area contributed by atoms with Crippen molar-refractivity contribution in [2.24, 2.45) is 0 Å². The Bertz CT molecular complexity index is 986. The number of rotatable bonds is 5. The molecule has 0 saturated heterocycles. The van der Waals surface area contributed by atoms with Gasteiger partial charge in [0.1, 0.15) is 0 Å². The summed E-state index contributed by atoms with van der Waals surface area (Å²) in [6.45, 7) is 4.10. The van der Waals surface area contributed by atoms with Crippen molar-refractivity contribution in [2.45, 2.75) is 19.5 Å². The first-order valence-electron chi connectivity index (χ1n) is 8.16. The second-order valence-electron chi connectivity index (χ2n) is 6.07. The normalized spacial score (nSPS) is 12.9. The molecule has 0 aliphatic heterocycles. The van der Waals surface area contributed by atoms with Gasteiger partial charge in [-0.3, -0.25) is 0 Å². The van der Waals surface area contributed by atoms with Crippen LogP contribution in [0.4, 0.5) is 0 Å². The van der Waals surface area contributed by atoms with E-state index in [1.165, 1.54) is 26.6 Å². The molecule has 2 nitrogen and oxygen atoms in total. The van der Waals surface area contributed by atoms with Gasteiger partial charge in [0.05, 0.1) is 0 Å². The number of benzene rings is 2. The molecule has 0 saturated carbocycles. The molecule has 0 radical (unpaired) electrons. The van der Waals surface area contributed by atoms with Gasteiger partial charge >= 0.3 is 0 Å². The second-order valence-corrected chi connectivity index (χ2v) is 7.43. The van der Waals surface area contributed by atoms with Crippen LogP contribution < -0.4 is 5.32 Å². The molecule has 2 heterocycles. The Morgan fingerprint density at radius 2 is 2.04 bits per heavy atom. The number of thiophene rings is 1. The number of nitrogens with one attached hydrogen (secondary N) is 1. The van der Waals surface area contributed by atoms with Crippen LogP contribution in [0, 0.1) is 0 Å². The quantitative estimate of drug-likeness (QED) is 0.475. The Labute approximate surface area is 150 Å². The molecule has 0 spiro atoms. The van der Waals surface area contributed by atoms with Crippen LogP contribution in [0.1, 0.15) is 18.5 Å². The highest BCUT2D eigenvalue weighted by atomic mass is 35.5. The molecule has 1 N–H and O–H groups in total. The minimum absolute atomic E-state index is 0.337. The zero-order valence-electron chi connectivity index (χ0n) is 13.5. The van der Waals surface area contributed by atoms with Crippen molar-refractivity contribution in [3.05, 3.63) is 70.7 Å². The highest BCUT2D eigenvalue weighted by molar-refractivity contribution is 7.17. The Morgan fingerprint density at radius 3 is 2.96 bits per heavy atom. The van der Waals surface area contributed by atoms with Crippen molar-refractivity contribution in [3.8, 4) is 0 Å². The Morgan fingerprint density at radius 1 is 1.12 bits per heavy atom. The molecule has 2 aromatic carbocycles. The maximum atomic E-state index is 6.06. The average Bonchev–Trinajstić information content (AvgIpc) is 3.21. The fraction of sp³-hybridized carbons (Fsp3) is 0.200. The lowest BCUT2D eigenvalue weighted by Crippen LogP contribution is -2.23. The third-order valence-electron chi connectivity index (χ3n) is 4.51. The van der Waals surface area contributed by atoms with E-state index >= 15 is 0 Å². The number of aromatic nitrogens is 1. The summed E-state index contributed by atoms with van der Waals surface area (Å²) in [5, 5.41) is 9.13. The molecule has 122 valence electrons. The average molecular weight is 355 g/mol. The number of fused-ring (bicyclic) bond motifs is 2. The zero-order valence-corrected chi connectivity index (χ0v) is 15.1. The molecule has 4 heteroatoms. The smallest absolute Gasteiger partial charge is 0.0481 e. The molecule has 4 rings (SSSR count). The molecule has 0 fully saturated rings. The van der Waals surface area contributed by atoms with Crippen molar-refractivity contribution < 1.29 is 0 Å². The van der Waals surface area contributed by atoms with Crippen LogP contribution in [-0.4, -0.2) is 11.1 Å². The molecule has 2 aromatic heterocycles. The third-order valence-corrected chi connectivity index (χ3v) is 5.73. The van der Waals surface area contributed by atoms with Crippen LogP contribution in [0.5, 0.6) is 0 Å². The van der Waals surface area contributed by atoms with Crippen LogP contribution in [0.2, 0.25) is 5.02 Å². The molecular formula is C20H19ClN2S. The minimum Gasteiger partial charge on any atom is -0.346 e. The van der Waals surface area contributed by atoms with Gasteiger partial charge < -0.3 is 9.88 Å². The Hall–Kier alpha value is -1.81. The summed E-state index contributed by atoms with van der Waals surface area (Å²) in [5.74, 6) is 0. The number of nitrogens with zero attached hydrogens (tertiary/aromatic N) is 1. The molecule has 1 atom stereocenters. The first-order valence-corrected chi connectivity index (χ1v) is 9.42. The van der Waals surface area contributed by atoms with Crippen molar-refractivity contribution in [3.63, 3.8) is 0 Å².